The van der Waals surface area contributed by atoms with Crippen LogP contribution in [-0.2, 0) is 0 Å². The van der Waals surface area contributed by atoms with Crippen molar-refractivity contribution in [3.8, 4) is 56.4 Å². The Kier molecular flexibility index (Phi) is 6.80. The van der Waals surface area contributed by atoms with E-state index in [1.165, 1.54) is 43.4 Å². The first-order valence-electron chi connectivity index (χ1n) is 16.2. The standard InChI is InChI=1S/C45H29N3/c1-3-15-30(16-4-1)43-46-44(31-17-5-2-6-18-31)48-45(47-43)41-26-12-7-21-34(41)32-19-13-20-33(29-32)35-27-14-28-40-38-23-9-8-22-36(38)37-24-10-11-25-39(37)42(35)40/h1-29H. The highest BCUT2D eigenvalue weighted by Crippen LogP contribution is 2.41. The lowest BCUT2D eigenvalue weighted by Crippen LogP contribution is -2.01. The average molecular weight is 612 g/mol. The lowest BCUT2D eigenvalue weighted by molar-refractivity contribution is 1.07. The molecule has 0 aliphatic carbocycles. The predicted molar refractivity (Wildman–Crippen MR) is 200 cm³/mol. The Hall–Kier alpha value is -6.45. The zero-order chi connectivity index (χ0) is 31.9. The summed E-state index contributed by atoms with van der Waals surface area (Å²) in [6.07, 6.45) is 0. The minimum atomic E-state index is 0.645. The van der Waals surface area contributed by atoms with E-state index in [0.717, 1.165) is 27.8 Å². The molecule has 8 aromatic carbocycles. The Morgan fingerprint density at radius 1 is 0.250 bits per heavy atom. The summed E-state index contributed by atoms with van der Waals surface area (Å²) in [6.45, 7) is 0. The van der Waals surface area contributed by atoms with Gasteiger partial charge in [0.1, 0.15) is 0 Å². The van der Waals surface area contributed by atoms with Crippen LogP contribution in [0.25, 0.3) is 88.7 Å². The van der Waals surface area contributed by atoms with Crippen LogP contribution in [0.5, 0.6) is 0 Å². The molecule has 3 nitrogen and oxygen atoms in total. The van der Waals surface area contributed by atoms with Crippen molar-refractivity contribution in [3.05, 3.63) is 176 Å². The van der Waals surface area contributed by atoms with Gasteiger partial charge in [0.2, 0.25) is 0 Å². The molecular weight excluding hydrogens is 583 g/mol. The highest BCUT2D eigenvalue weighted by molar-refractivity contribution is 6.28. The number of rotatable bonds is 5. The normalized spacial score (nSPS) is 11.3. The summed E-state index contributed by atoms with van der Waals surface area (Å²) < 4.78 is 0. The fourth-order valence-corrected chi connectivity index (χ4v) is 6.91. The first-order chi connectivity index (χ1) is 23.8. The van der Waals surface area contributed by atoms with Crippen molar-refractivity contribution in [2.24, 2.45) is 0 Å². The Balaban J connectivity index is 1.24. The number of hydrogen-bond donors (Lipinski definition) is 0. The number of aromatic nitrogens is 3. The van der Waals surface area contributed by atoms with Crippen molar-refractivity contribution in [2.75, 3.05) is 0 Å². The van der Waals surface area contributed by atoms with Crippen LogP contribution in [-0.4, -0.2) is 15.0 Å². The summed E-state index contributed by atoms with van der Waals surface area (Å²) in [7, 11) is 0. The van der Waals surface area contributed by atoms with Gasteiger partial charge in [0.15, 0.2) is 17.5 Å². The first-order valence-corrected chi connectivity index (χ1v) is 16.2. The number of benzene rings is 8. The molecule has 224 valence electrons. The number of hydrogen-bond acceptors (Lipinski definition) is 3. The molecule has 9 aromatic rings. The second-order valence-electron chi connectivity index (χ2n) is 12.0. The molecule has 0 radical (unpaired) electrons. The summed E-state index contributed by atoms with van der Waals surface area (Å²) >= 11 is 0. The van der Waals surface area contributed by atoms with E-state index < -0.39 is 0 Å². The van der Waals surface area contributed by atoms with Crippen LogP contribution in [0.3, 0.4) is 0 Å². The van der Waals surface area contributed by atoms with E-state index in [1.807, 2.05) is 60.7 Å². The van der Waals surface area contributed by atoms with E-state index >= 15 is 0 Å². The van der Waals surface area contributed by atoms with Crippen LogP contribution >= 0.6 is 0 Å². The molecule has 0 spiro atoms. The third-order valence-corrected chi connectivity index (χ3v) is 9.12. The van der Waals surface area contributed by atoms with E-state index in [2.05, 4.69) is 115 Å². The highest BCUT2D eigenvalue weighted by atomic mass is 15.0. The maximum absolute atomic E-state index is 5.05. The third-order valence-electron chi connectivity index (χ3n) is 9.12. The molecule has 0 saturated heterocycles. The van der Waals surface area contributed by atoms with Gasteiger partial charge < -0.3 is 0 Å². The van der Waals surface area contributed by atoms with E-state index in [9.17, 15) is 0 Å². The fourth-order valence-electron chi connectivity index (χ4n) is 6.91. The largest absolute Gasteiger partial charge is 0.208 e. The van der Waals surface area contributed by atoms with Gasteiger partial charge in [0, 0.05) is 16.7 Å². The Labute approximate surface area is 278 Å². The van der Waals surface area contributed by atoms with Crippen molar-refractivity contribution in [3.63, 3.8) is 0 Å². The smallest absolute Gasteiger partial charge is 0.164 e. The maximum atomic E-state index is 5.05. The van der Waals surface area contributed by atoms with Gasteiger partial charge in [-0.3, -0.25) is 0 Å². The van der Waals surface area contributed by atoms with Crippen LogP contribution in [0.4, 0.5) is 0 Å². The van der Waals surface area contributed by atoms with Crippen molar-refractivity contribution in [1.29, 1.82) is 0 Å². The van der Waals surface area contributed by atoms with E-state index in [-0.39, 0.29) is 0 Å². The summed E-state index contributed by atoms with van der Waals surface area (Å²) in [6, 6.07) is 61.7. The van der Waals surface area contributed by atoms with Crippen LogP contribution in [0.15, 0.2) is 176 Å². The van der Waals surface area contributed by atoms with Gasteiger partial charge in [0.05, 0.1) is 0 Å². The third kappa shape index (κ3) is 4.81. The van der Waals surface area contributed by atoms with E-state index in [1.54, 1.807) is 0 Å². The molecular formula is C45H29N3. The van der Waals surface area contributed by atoms with Crippen LogP contribution in [0, 0.1) is 0 Å². The van der Waals surface area contributed by atoms with Crippen molar-refractivity contribution < 1.29 is 0 Å². The lowest BCUT2D eigenvalue weighted by atomic mass is 9.88. The molecule has 0 saturated carbocycles. The Morgan fingerprint density at radius 3 is 1.23 bits per heavy atom. The van der Waals surface area contributed by atoms with Gasteiger partial charge in [-0.1, -0.05) is 170 Å². The number of nitrogens with zero attached hydrogens (tertiary/aromatic N) is 3. The quantitative estimate of drug-likeness (QED) is 0.182. The zero-order valence-corrected chi connectivity index (χ0v) is 26.1. The summed E-state index contributed by atoms with van der Waals surface area (Å²) in [4.78, 5) is 15.0. The SMILES string of the molecule is c1ccc(-c2nc(-c3ccccc3)nc(-c3ccccc3-c3cccc(-c4cccc5c6ccccc6c6ccccc6c45)c3)n2)cc1. The van der Waals surface area contributed by atoms with Crippen molar-refractivity contribution >= 4 is 32.3 Å². The first kappa shape index (κ1) is 27.8. The van der Waals surface area contributed by atoms with Gasteiger partial charge in [-0.2, -0.15) is 0 Å². The maximum Gasteiger partial charge on any atom is 0.164 e. The molecule has 1 aromatic heterocycles. The van der Waals surface area contributed by atoms with Gasteiger partial charge in [-0.25, -0.2) is 15.0 Å². The van der Waals surface area contributed by atoms with Crippen molar-refractivity contribution in [2.45, 2.75) is 0 Å². The molecule has 0 aliphatic heterocycles. The summed E-state index contributed by atoms with van der Waals surface area (Å²) in [5.74, 6) is 1.95. The van der Waals surface area contributed by atoms with E-state index in [4.69, 9.17) is 15.0 Å². The highest BCUT2D eigenvalue weighted by Gasteiger charge is 2.17. The molecule has 0 aliphatic rings. The molecule has 0 amide bonds. The second-order valence-corrected chi connectivity index (χ2v) is 12.0. The van der Waals surface area contributed by atoms with Crippen LogP contribution in [0.1, 0.15) is 0 Å². The molecule has 0 bridgehead atoms. The molecule has 0 atom stereocenters. The molecule has 1 heterocycles. The van der Waals surface area contributed by atoms with Gasteiger partial charge in [-0.15, -0.1) is 0 Å². The minimum Gasteiger partial charge on any atom is -0.208 e. The monoisotopic (exact) mass is 611 g/mol. The molecule has 3 heteroatoms. The van der Waals surface area contributed by atoms with E-state index in [0.29, 0.717) is 17.5 Å². The van der Waals surface area contributed by atoms with Crippen molar-refractivity contribution in [1.82, 2.24) is 15.0 Å². The Bertz CT molecular complexity index is 2510. The zero-order valence-electron chi connectivity index (χ0n) is 26.1. The predicted octanol–water partition coefficient (Wildman–Crippen LogP) is 11.7. The summed E-state index contributed by atoms with van der Waals surface area (Å²) in [5.41, 5.74) is 7.42. The second kappa shape index (κ2) is 11.7. The molecule has 48 heavy (non-hydrogen) atoms. The average Bonchev–Trinajstić information content (AvgIpc) is 3.18. The van der Waals surface area contributed by atoms with Gasteiger partial charge in [-0.05, 0) is 60.6 Å². The van der Waals surface area contributed by atoms with Gasteiger partial charge >= 0.3 is 0 Å². The molecule has 0 N–H and O–H groups in total. The Morgan fingerprint density at radius 2 is 0.625 bits per heavy atom. The molecule has 9 rings (SSSR count). The molecule has 0 unspecified atom stereocenters. The minimum absolute atomic E-state index is 0.645. The lowest BCUT2D eigenvalue weighted by Gasteiger charge is -2.16. The topological polar surface area (TPSA) is 38.7 Å². The number of fused-ring (bicyclic) bond motifs is 6. The summed E-state index contributed by atoms with van der Waals surface area (Å²) in [5, 5.41) is 7.62. The molecule has 0 fully saturated rings. The van der Waals surface area contributed by atoms with Crippen LogP contribution in [0.2, 0.25) is 0 Å². The fraction of sp³-hybridized carbons (Fsp3) is 0. The van der Waals surface area contributed by atoms with Gasteiger partial charge in [0.25, 0.3) is 0 Å². The van der Waals surface area contributed by atoms with Crippen LogP contribution < -0.4 is 0 Å².